The number of hydrogen-bond acceptors (Lipinski definition) is 5. The van der Waals surface area contributed by atoms with Gasteiger partial charge >= 0.3 is 37.1 Å². The van der Waals surface area contributed by atoms with E-state index < -0.39 is 16.8 Å². The van der Waals surface area contributed by atoms with Gasteiger partial charge in [-0.2, -0.15) is 17.7 Å². The Bertz CT molecular complexity index is 1330. The second kappa shape index (κ2) is 12.7. The van der Waals surface area contributed by atoms with Gasteiger partial charge < -0.3 is 31.5 Å². The third-order valence-corrected chi connectivity index (χ3v) is 8.02. The predicted molar refractivity (Wildman–Crippen MR) is 143 cm³/mol. The molecule has 0 spiro atoms. The van der Waals surface area contributed by atoms with E-state index in [4.69, 9.17) is 25.8 Å². The van der Waals surface area contributed by atoms with Gasteiger partial charge in [0.05, 0.1) is 29.9 Å². The molecule has 2 aromatic carbocycles. The molecule has 1 N–H and O–H groups in total. The quantitative estimate of drug-likeness (QED) is 0.286. The number of amides is 1. The minimum atomic E-state index is -0.750. The largest absolute Gasteiger partial charge is 2.00 e. The van der Waals surface area contributed by atoms with Crippen molar-refractivity contribution in [2.75, 3.05) is 33.0 Å². The summed E-state index contributed by atoms with van der Waals surface area (Å²) in [5.74, 6) is -1.21. The van der Waals surface area contributed by atoms with Crippen molar-refractivity contribution in [3.8, 4) is 0 Å². The molecule has 5 rings (SSSR count). The van der Waals surface area contributed by atoms with Crippen LogP contribution in [0, 0.1) is 50.4 Å². The molecule has 1 aromatic heterocycles. The summed E-state index contributed by atoms with van der Waals surface area (Å²) in [5.41, 5.74) is 1.22. The fourth-order valence-electron chi connectivity index (χ4n) is 5.45. The van der Waals surface area contributed by atoms with Crippen LogP contribution in [0.15, 0.2) is 36.4 Å². The Morgan fingerprint density at radius 3 is 2.38 bits per heavy atom. The van der Waals surface area contributed by atoms with Gasteiger partial charge in [0.25, 0.3) is 5.91 Å². The number of carbonyl (C=O) groups excluding carboxylic acids is 2. The first kappa shape index (κ1) is 31.6. The molecule has 0 radical (unpaired) electrons. The molecule has 2 aliphatic rings. The SMILES string of the molecule is CCOC(=O)C1(c2ccc(C3(NC(=O)c4cc5c(Cl)c(F)[c-]cc5n4C)CCOC3)cc2)CCOCC1.[CH3-].[U+2]. The summed E-state index contributed by atoms with van der Waals surface area (Å²) in [6.45, 7) is 3.90. The standard InChI is InChI=1S/C28H29ClFN2O5.CH3.U/c1-3-37-26(34)27(10-13-35-14-11-27)18-4-6-19(7-5-18)28(12-15-36-17-28)31-25(33)23-16-20-22(32(23)2)9-8-21(30)24(20)29;;/h4-7,9,16H,3,10-15,17H2,1-2H3,(H,31,33);1H3;/q2*-1;+2. The average Bonchev–Trinajstić information content (AvgIpc) is 3.52. The number of aromatic nitrogens is 1. The molecule has 3 aromatic rings. The van der Waals surface area contributed by atoms with Crippen LogP contribution in [-0.4, -0.2) is 49.5 Å². The number of aryl methyl sites for hydroxylation is 1. The first-order valence-electron chi connectivity index (χ1n) is 12.4. The van der Waals surface area contributed by atoms with Crippen LogP contribution in [-0.2, 0) is 37.0 Å². The number of nitrogens with one attached hydrogen (secondary N) is 1. The molecule has 2 saturated heterocycles. The molecule has 1 amide bonds. The molecule has 1 unspecified atom stereocenters. The Morgan fingerprint density at radius 1 is 1.13 bits per heavy atom. The molecule has 2 fully saturated rings. The van der Waals surface area contributed by atoms with Gasteiger partial charge in [-0.05, 0) is 49.0 Å². The van der Waals surface area contributed by atoms with Crippen molar-refractivity contribution in [2.24, 2.45) is 7.05 Å². The van der Waals surface area contributed by atoms with Crippen LogP contribution in [0.25, 0.3) is 10.9 Å². The van der Waals surface area contributed by atoms with Gasteiger partial charge in [0.2, 0.25) is 0 Å². The Morgan fingerprint density at radius 2 is 1.77 bits per heavy atom. The van der Waals surface area contributed by atoms with Gasteiger partial charge in [0.1, 0.15) is 0 Å². The van der Waals surface area contributed by atoms with Gasteiger partial charge in [-0.25, -0.2) is 4.39 Å². The van der Waals surface area contributed by atoms with Crippen molar-refractivity contribution in [2.45, 2.75) is 37.1 Å². The second-order valence-electron chi connectivity index (χ2n) is 9.64. The van der Waals surface area contributed by atoms with Crippen molar-refractivity contribution in [3.05, 3.63) is 77.6 Å². The van der Waals surface area contributed by atoms with E-state index in [1.54, 1.807) is 24.6 Å². The minimum absolute atomic E-state index is 0. The summed E-state index contributed by atoms with van der Waals surface area (Å²) < 4.78 is 32.3. The summed E-state index contributed by atoms with van der Waals surface area (Å²) in [5, 5.41) is 3.56. The first-order chi connectivity index (χ1) is 17.8. The van der Waals surface area contributed by atoms with Crippen molar-refractivity contribution in [1.82, 2.24) is 9.88 Å². The molecule has 206 valence electrons. The maximum Gasteiger partial charge on any atom is 2.00 e. The second-order valence-corrected chi connectivity index (χ2v) is 10.0. The molecule has 0 saturated carbocycles. The van der Waals surface area contributed by atoms with E-state index in [1.165, 1.54) is 6.07 Å². The van der Waals surface area contributed by atoms with Crippen LogP contribution in [0.5, 0.6) is 0 Å². The molecule has 3 heterocycles. The topological polar surface area (TPSA) is 78.8 Å². The minimum Gasteiger partial charge on any atom is -0.465 e. The predicted octanol–water partition coefficient (Wildman–Crippen LogP) is 4.88. The zero-order chi connectivity index (χ0) is 26.2. The first-order valence-corrected chi connectivity index (χ1v) is 12.8. The Hall–Kier alpha value is -1.89. The van der Waals surface area contributed by atoms with Gasteiger partial charge in [0, 0.05) is 32.1 Å². The molecule has 39 heavy (non-hydrogen) atoms. The molecule has 2 aliphatic heterocycles. The summed E-state index contributed by atoms with van der Waals surface area (Å²) in [4.78, 5) is 26.5. The van der Waals surface area contributed by atoms with E-state index in [1.807, 2.05) is 24.3 Å². The van der Waals surface area contributed by atoms with Crippen LogP contribution >= 0.6 is 11.6 Å². The van der Waals surface area contributed by atoms with Gasteiger partial charge in [-0.15, -0.1) is 6.07 Å². The van der Waals surface area contributed by atoms with Crippen molar-refractivity contribution in [1.29, 1.82) is 0 Å². The number of rotatable bonds is 6. The van der Waals surface area contributed by atoms with Crippen LogP contribution in [0.1, 0.15) is 47.8 Å². The summed E-state index contributed by atoms with van der Waals surface area (Å²) in [6, 6.07) is 13.3. The number of esters is 1. The van der Waals surface area contributed by atoms with E-state index >= 15 is 0 Å². The van der Waals surface area contributed by atoms with E-state index in [-0.39, 0.29) is 55.4 Å². The number of ether oxygens (including phenoxy) is 3. The Kier molecular flexibility index (Phi) is 10.3. The molecule has 10 heteroatoms. The zero-order valence-electron chi connectivity index (χ0n) is 22.4. The average molecular weight is 781 g/mol. The number of nitrogens with zero attached hydrogens (tertiary/aromatic N) is 1. The molecule has 1 atom stereocenters. The molecular weight excluding hydrogens is 749 g/mol. The number of hydrogen-bond donors (Lipinski definition) is 1. The van der Waals surface area contributed by atoms with Crippen LogP contribution in [0.4, 0.5) is 4.39 Å². The summed E-state index contributed by atoms with van der Waals surface area (Å²) in [7, 11) is 1.73. The molecular formula is C29H32ClFN2O5U. The molecule has 7 nitrogen and oxygen atoms in total. The van der Waals surface area contributed by atoms with E-state index in [0.717, 1.165) is 11.1 Å². The van der Waals surface area contributed by atoms with Crippen molar-refractivity contribution >= 4 is 34.4 Å². The number of fused-ring (bicyclic) bond motifs is 1. The van der Waals surface area contributed by atoms with E-state index in [2.05, 4.69) is 11.4 Å². The Labute approximate surface area is 257 Å². The van der Waals surface area contributed by atoms with Crippen LogP contribution in [0.2, 0.25) is 5.02 Å². The monoisotopic (exact) mass is 780 g/mol. The third kappa shape index (κ3) is 5.67. The van der Waals surface area contributed by atoms with Crippen LogP contribution < -0.4 is 5.32 Å². The fourth-order valence-corrected chi connectivity index (χ4v) is 5.66. The summed E-state index contributed by atoms with van der Waals surface area (Å²) >= 11 is 6.13. The maximum absolute atomic E-state index is 13.9. The number of halogens is 2. The summed E-state index contributed by atoms with van der Waals surface area (Å²) in [6.07, 6.45) is 1.69. The van der Waals surface area contributed by atoms with Gasteiger partial charge in [-0.1, -0.05) is 35.2 Å². The van der Waals surface area contributed by atoms with Crippen LogP contribution in [0.3, 0.4) is 0 Å². The maximum atomic E-state index is 13.9. The fraction of sp³-hybridized carbons (Fsp3) is 0.414. The Balaban J connectivity index is 0.00000210. The number of carbonyl (C=O) groups is 2. The molecule has 0 bridgehead atoms. The smallest absolute Gasteiger partial charge is 0.465 e. The van der Waals surface area contributed by atoms with Gasteiger partial charge in [0.15, 0.2) is 0 Å². The zero-order valence-corrected chi connectivity index (χ0v) is 27.3. The molecule has 0 aliphatic carbocycles. The third-order valence-electron chi connectivity index (χ3n) is 7.65. The van der Waals surface area contributed by atoms with Gasteiger partial charge in [-0.3, -0.25) is 9.59 Å². The normalized spacial score (nSPS) is 20.1. The van der Waals surface area contributed by atoms with E-state index in [9.17, 15) is 14.0 Å². The van der Waals surface area contributed by atoms with Crippen molar-refractivity contribution in [3.63, 3.8) is 0 Å². The van der Waals surface area contributed by atoms with E-state index in [0.29, 0.717) is 68.9 Å². The van der Waals surface area contributed by atoms with Crippen molar-refractivity contribution < 1.29 is 59.3 Å². The number of benzene rings is 2.